The molecule has 0 N–H and O–H groups in total. The Balaban J connectivity index is 1.61. The molecule has 0 aromatic carbocycles. The number of aromatic nitrogens is 6. The van der Waals surface area contributed by atoms with Crippen molar-refractivity contribution in [2.24, 2.45) is 5.92 Å². The number of imidazole rings is 1. The zero-order valence-corrected chi connectivity index (χ0v) is 15.5. The fourth-order valence-corrected chi connectivity index (χ4v) is 3.67. The first-order chi connectivity index (χ1) is 13.7. The lowest BCUT2D eigenvalue weighted by atomic mass is 10.1. The van der Waals surface area contributed by atoms with Gasteiger partial charge in [0, 0.05) is 42.1 Å². The molecule has 1 aliphatic rings. The molecule has 1 atom stereocenters. The fraction of sp³-hybridized carbons (Fsp3) is 0.286. The summed E-state index contributed by atoms with van der Waals surface area (Å²) >= 11 is 0. The second-order valence-corrected chi connectivity index (χ2v) is 7.28. The van der Waals surface area contributed by atoms with Crippen LogP contribution in [-0.2, 0) is 0 Å². The highest BCUT2D eigenvalue weighted by Crippen LogP contribution is 2.41. The molecule has 1 fully saturated rings. The third-order valence-corrected chi connectivity index (χ3v) is 5.25. The molecular weight excluding hydrogens is 350 g/mol. The summed E-state index contributed by atoms with van der Waals surface area (Å²) in [6, 6.07) is 8.39. The number of nitriles is 1. The molecule has 1 aliphatic carbocycles. The van der Waals surface area contributed by atoms with Crippen LogP contribution in [0.3, 0.4) is 0 Å². The van der Waals surface area contributed by atoms with Gasteiger partial charge < -0.3 is 0 Å². The lowest BCUT2D eigenvalue weighted by molar-refractivity contribution is 0.412. The Bertz CT molecular complexity index is 1190. The summed E-state index contributed by atoms with van der Waals surface area (Å²) in [4.78, 5) is 13.6. The number of hydrogen-bond donors (Lipinski definition) is 0. The summed E-state index contributed by atoms with van der Waals surface area (Å²) in [5, 5.41) is 13.7. The standard InChI is InChI=1S/C21H19N7/c1-14-10-16(5-7-23-14)18-11-20-24-8-9-27(20)21(26-18)17-12-25-28(13-17)19(4-6-22)15-2-3-15/h5,7-13,15,19H,2-4H2,1H3. The van der Waals surface area contributed by atoms with Crippen LogP contribution in [0.2, 0.25) is 0 Å². The second-order valence-electron chi connectivity index (χ2n) is 7.28. The Labute approximate surface area is 162 Å². The van der Waals surface area contributed by atoms with Gasteiger partial charge in [0.1, 0.15) is 11.5 Å². The van der Waals surface area contributed by atoms with E-state index in [1.54, 1.807) is 12.4 Å². The van der Waals surface area contributed by atoms with Gasteiger partial charge in [-0.2, -0.15) is 10.4 Å². The van der Waals surface area contributed by atoms with Gasteiger partial charge in [-0.25, -0.2) is 9.97 Å². The van der Waals surface area contributed by atoms with Crippen molar-refractivity contribution in [1.29, 1.82) is 5.26 Å². The lowest BCUT2D eigenvalue weighted by Gasteiger charge is -2.12. The largest absolute Gasteiger partial charge is 0.284 e. The first-order valence-corrected chi connectivity index (χ1v) is 9.41. The van der Waals surface area contributed by atoms with Crippen LogP contribution < -0.4 is 0 Å². The number of aryl methyl sites for hydroxylation is 1. The van der Waals surface area contributed by atoms with E-state index in [0.29, 0.717) is 12.3 Å². The van der Waals surface area contributed by atoms with Crippen molar-refractivity contribution in [3.8, 4) is 28.7 Å². The molecule has 7 heteroatoms. The van der Waals surface area contributed by atoms with E-state index in [0.717, 1.165) is 34.0 Å². The minimum atomic E-state index is 0.142. The predicted molar refractivity (Wildman–Crippen MR) is 104 cm³/mol. The average molecular weight is 369 g/mol. The van der Waals surface area contributed by atoms with Crippen LogP contribution in [0.25, 0.3) is 28.3 Å². The zero-order chi connectivity index (χ0) is 19.1. The highest BCUT2D eigenvalue weighted by atomic mass is 15.3. The molecule has 0 saturated heterocycles. The number of nitrogens with zero attached hydrogens (tertiary/aromatic N) is 7. The monoisotopic (exact) mass is 369 g/mol. The van der Waals surface area contributed by atoms with Crippen molar-refractivity contribution in [3.05, 3.63) is 54.9 Å². The molecule has 4 heterocycles. The molecule has 0 aliphatic heterocycles. The molecule has 0 bridgehead atoms. The van der Waals surface area contributed by atoms with Gasteiger partial charge in [-0.1, -0.05) is 0 Å². The van der Waals surface area contributed by atoms with Crippen LogP contribution in [-0.4, -0.2) is 29.1 Å². The molecule has 0 radical (unpaired) electrons. The van der Waals surface area contributed by atoms with Gasteiger partial charge in [-0.05, 0) is 37.8 Å². The van der Waals surface area contributed by atoms with Crippen molar-refractivity contribution < 1.29 is 0 Å². The summed E-state index contributed by atoms with van der Waals surface area (Å²) in [5.41, 5.74) is 4.55. The van der Waals surface area contributed by atoms with Gasteiger partial charge in [0.25, 0.3) is 0 Å². The van der Waals surface area contributed by atoms with E-state index >= 15 is 0 Å². The quantitative estimate of drug-likeness (QED) is 0.534. The zero-order valence-electron chi connectivity index (χ0n) is 15.5. The molecule has 0 amide bonds. The molecular formula is C21H19N7. The maximum atomic E-state index is 9.18. The Morgan fingerprint density at radius 1 is 1.21 bits per heavy atom. The van der Waals surface area contributed by atoms with Crippen molar-refractivity contribution in [3.63, 3.8) is 0 Å². The minimum Gasteiger partial charge on any atom is -0.284 e. The van der Waals surface area contributed by atoms with Crippen molar-refractivity contribution in [2.45, 2.75) is 32.2 Å². The topological polar surface area (TPSA) is 84.7 Å². The maximum absolute atomic E-state index is 9.18. The van der Waals surface area contributed by atoms with Crippen LogP contribution in [0.5, 0.6) is 0 Å². The van der Waals surface area contributed by atoms with E-state index in [1.807, 2.05) is 52.8 Å². The molecule has 28 heavy (non-hydrogen) atoms. The van der Waals surface area contributed by atoms with Crippen LogP contribution in [0, 0.1) is 24.2 Å². The number of hydrogen-bond acceptors (Lipinski definition) is 5. The number of pyridine rings is 1. The smallest absolute Gasteiger partial charge is 0.149 e. The molecule has 0 spiro atoms. The normalized spacial score (nSPS) is 14.9. The highest BCUT2D eigenvalue weighted by Gasteiger charge is 2.33. The van der Waals surface area contributed by atoms with E-state index in [-0.39, 0.29) is 6.04 Å². The van der Waals surface area contributed by atoms with E-state index < -0.39 is 0 Å². The highest BCUT2D eigenvalue weighted by molar-refractivity contribution is 5.68. The van der Waals surface area contributed by atoms with Crippen LogP contribution in [0.4, 0.5) is 0 Å². The van der Waals surface area contributed by atoms with Crippen molar-refractivity contribution in [1.82, 2.24) is 29.1 Å². The Kier molecular flexibility index (Phi) is 3.90. The van der Waals surface area contributed by atoms with E-state index in [2.05, 4.69) is 21.1 Å². The van der Waals surface area contributed by atoms with Crippen molar-refractivity contribution >= 4 is 5.65 Å². The first kappa shape index (κ1) is 16.6. The molecule has 1 saturated carbocycles. The third-order valence-electron chi connectivity index (χ3n) is 5.25. The van der Waals surface area contributed by atoms with E-state index in [9.17, 15) is 5.26 Å². The summed E-state index contributed by atoms with van der Waals surface area (Å²) in [5.74, 6) is 1.34. The summed E-state index contributed by atoms with van der Waals surface area (Å²) in [7, 11) is 0. The Morgan fingerprint density at radius 2 is 2.11 bits per heavy atom. The fourth-order valence-electron chi connectivity index (χ4n) is 3.67. The molecule has 5 rings (SSSR count). The number of fused-ring (bicyclic) bond motifs is 1. The number of rotatable bonds is 5. The lowest BCUT2D eigenvalue weighted by Crippen LogP contribution is -2.11. The van der Waals surface area contributed by atoms with Gasteiger partial charge in [-0.3, -0.25) is 14.1 Å². The first-order valence-electron chi connectivity index (χ1n) is 9.41. The Hall–Kier alpha value is -3.53. The SMILES string of the molecule is Cc1cc(-c2cc3nccn3c(-c3cnn(C(CC#N)C4CC4)c3)n2)ccn1. The Morgan fingerprint density at radius 3 is 2.89 bits per heavy atom. The molecule has 4 aromatic heterocycles. The molecule has 138 valence electrons. The predicted octanol–water partition coefficient (Wildman–Crippen LogP) is 3.83. The van der Waals surface area contributed by atoms with Gasteiger partial charge in [-0.15, -0.1) is 0 Å². The third kappa shape index (κ3) is 2.93. The van der Waals surface area contributed by atoms with Gasteiger partial charge >= 0.3 is 0 Å². The van der Waals surface area contributed by atoms with Gasteiger partial charge in [0.2, 0.25) is 0 Å². The van der Waals surface area contributed by atoms with Crippen LogP contribution in [0.1, 0.15) is 31.0 Å². The summed E-state index contributed by atoms with van der Waals surface area (Å²) < 4.78 is 3.90. The van der Waals surface area contributed by atoms with Gasteiger partial charge in [0.05, 0.1) is 36.0 Å². The second kappa shape index (κ2) is 6.57. The van der Waals surface area contributed by atoms with E-state index in [4.69, 9.17) is 4.98 Å². The summed E-state index contributed by atoms with van der Waals surface area (Å²) in [6.07, 6.45) is 12.1. The molecule has 1 unspecified atom stereocenters. The average Bonchev–Trinajstić information content (AvgIpc) is 3.23. The maximum Gasteiger partial charge on any atom is 0.149 e. The van der Waals surface area contributed by atoms with E-state index in [1.165, 1.54) is 12.8 Å². The van der Waals surface area contributed by atoms with Gasteiger partial charge in [0.15, 0.2) is 0 Å². The van der Waals surface area contributed by atoms with Crippen LogP contribution in [0.15, 0.2) is 49.2 Å². The molecule has 7 nitrogen and oxygen atoms in total. The summed E-state index contributed by atoms with van der Waals surface area (Å²) in [6.45, 7) is 1.97. The van der Waals surface area contributed by atoms with Crippen molar-refractivity contribution in [2.75, 3.05) is 0 Å². The van der Waals surface area contributed by atoms with Crippen LogP contribution >= 0.6 is 0 Å². The molecule has 4 aromatic rings. The minimum absolute atomic E-state index is 0.142.